The highest BCUT2D eigenvalue weighted by molar-refractivity contribution is 8.00. The fraction of sp³-hybridized carbons (Fsp3) is 0.467. The second-order valence-electron chi connectivity index (χ2n) is 4.62. The Labute approximate surface area is 124 Å². The molecule has 0 unspecified atom stereocenters. The zero-order valence-corrected chi connectivity index (χ0v) is 13.0. The maximum atomic E-state index is 11.7. The topological polar surface area (TPSA) is 55.4 Å². The zero-order chi connectivity index (χ0) is 15.0. The average Bonchev–Trinajstić information content (AvgIpc) is 2.39. The molecule has 0 aromatic heterocycles. The lowest BCUT2D eigenvalue weighted by Crippen LogP contribution is -2.16. The van der Waals surface area contributed by atoms with E-state index in [9.17, 15) is 9.59 Å². The number of hydrogen-bond acceptors (Lipinski definition) is 4. The Morgan fingerprint density at radius 2 is 1.85 bits per heavy atom. The summed E-state index contributed by atoms with van der Waals surface area (Å²) >= 11 is 1.25. The van der Waals surface area contributed by atoms with Crippen LogP contribution in [0, 0.1) is 0 Å². The summed E-state index contributed by atoms with van der Waals surface area (Å²) in [4.78, 5) is 22.8. The van der Waals surface area contributed by atoms with Crippen LogP contribution in [0.1, 0.15) is 32.3 Å². The van der Waals surface area contributed by atoms with Crippen molar-refractivity contribution in [1.82, 2.24) is 0 Å². The number of anilines is 1. The minimum atomic E-state index is -0.286. The second kappa shape index (κ2) is 8.64. The van der Waals surface area contributed by atoms with Crippen LogP contribution in [0.25, 0.3) is 0 Å². The molecular formula is C15H21NO3S. The van der Waals surface area contributed by atoms with Gasteiger partial charge in [-0.15, -0.1) is 11.8 Å². The van der Waals surface area contributed by atoms with Crippen molar-refractivity contribution in [3.63, 3.8) is 0 Å². The summed E-state index contributed by atoms with van der Waals surface area (Å²) in [5.74, 6) is 0.515. The van der Waals surface area contributed by atoms with Crippen molar-refractivity contribution in [2.45, 2.75) is 26.7 Å². The summed E-state index contributed by atoms with van der Waals surface area (Å²) in [6.45, 7) is 6.38. The molecule has 4 nitrogen and oxygen atoms in total. The highest BCUT2D eigenvalue weighted by Gasteiger charge is 2.07. The van der Waals surface area contributed by atoms with Gasteiger partial charge in [-0.2, -0.15) is 0 Å². The maximum Gasteiger partial charge on any atom is 0.315 e. The van der Waals surface area contributed by atoms with Gasteiger partial charge in [0.25, 0.3) is 0 Å². The Morgan fingerprint density at radius 1 is 1.20 bits per heavy atom. The lowest BCUT2D eigenvalue weighted by Gasteiger charge is -2.08. The molecule has 0 heterocycles. The molecule has 0 aliphatic carbocycles. The molecule has 0 bridgehead atoms. The number of ether oxygens (including phenoxy) is 1. The van der Waals surface area contributed by atoms with E-state index < -0.39 is 0 Å². The van der Waals surface area contributed by atoms with E-state index in [0.29, 0.717) is 12.5 Å². The van der Waals surface area contributed by atoms with Gasteiger partial charge in [-0.3, -0.25) is 9.59 Å². The Balaban J connectivity index is 2.33. The molecule has 20 heavy (non-hydrogen) atoms. The summed E-state index contributed by atoms with van der Waals surface area (Å²) in [6, 6.07) is 7.80. The predicted octanol–water partition coefficient (Wildman–Crippen LogP) is 3.04. The van der Waals surface area contributed by atoms with Crippen LogP contribution in [0.2, 0.25) is 0 Å². The zero-order valence-electron chi connectivity index (χ0n) is 12.1. The molecule has 1 aromatic rings. The molecule has 1 N–H and O–H groups in total. The lowest BCUT2D eigenvalue weighted by atomic mass is 10.0. The van der Waals surface area contributed by atoms with Gasteiger partial charge in [0.1, 0.15) is 0 Å². The van der Waals surface area contributed by atoms with Crippen molar-refractivity contribution in [1.29, 1.82) is 0 Å². The molecule has 1 rings (SSSR count). The average molecular weight is 295 g/mol. The first kappa shape index (κ1) is 16.6. The Kier molecular flexibility index (Phi) is 7.15. The lowest BCUT2D eigenvalue weighted by molar-refractivity contribution is -0.139. The molecule has 0 aliphatic heterocycles. The van der Waals surface area contributed by atoms with Gasteiger partial charge in [0, 0.05) is 5.69 Å². The third-order valence-electron chi connectivity index (χ3n) is 2.62. The molecule has 0 aliphatic rings. The van der Waals surface area contributed by atoms with E-state index in [1.807, 2.05) is 24.3 Å². The quantitative estimate of drug-likeness (QED) is 0.786. The van der Waals surface area contributed by atoms with E-state index in [-0.39, 0.29) is 23.4 Å². The summed E-state index contributed by atoms with van der Waals surface area (Å²) in [7, 11) is 0. The number of rotatable bonds is 7. The van der Waals surface area contributed by atoms with Gasteiger partial charge in [0.2, 0.25) is 5.91 Å². The van der Waals surface area contributed by atoms with Crippen LogP contribution in [0.15, 0.2) is 24.3 Å². The molecule has 0 radical (unpaired) electrons. The van der Waals surface area contributed by atoms with Crippen LogP contribution in [0.3, 0.4) is 0 Å². The summed E-state index contributed by atoms with van der Waals surface area (Å²) in [6.07, 6.45) is 0. The van der Waals surface area contributed by atoms with Gasteiger partial charge in [0.15, 0.2) is 0 Å². The summed E-state index contributed by atoms with van der Waals surface area (Å²) in [5.41, 5.74) is 2.01. The molecule has 5 heteroatoms. The number of hydrogen-bond donors (Lipinski definition) is 1. The van der Waals surface area contributed by atoms with Crippen molar-refractivity contribution in [2.24, 2.45) is 0 Å². The van der Waals surface area contributed by atoms with Crippen molar-refractivity contribution in [3.05, 3.63) is 29.8 Å². The van der Waals surface area contributed by atoms with Crippen LogP contribution >= 0.6 is 11.8 Å². The first-order valence-electron chi connectivity index (χ1n) is 6.66. The van der Waals surface area contributed by atoms with Crippen LogP contribution in [0.5, 0.6) is 0 Å². The number of carbonyl (C=O) groups is 2. The third kappa shape index (κ3) is 6.10. The van der Waals surface area contributed by atoms with Gasteiger partial charge in [-0.1, -0.05) is 26.0 Å². The smallest absolute Gasteiger partial charge is 0.315 e. The minimum absolute atomic E-state index is 0.114. The van der Waals surface area contributed by atoms with Crippen molar-refractivity contribution in [2.75, 3.05) is 23.4 Å². The normalized spacial score (nSPS) is 10.4. The van der Waals surface area contributed by atoms with Crippen molar-refractivity contribution >= 4 is 29.3 Å². The van der Waals surface area contributed by atoms with Crippen LogP contribution < -0.4 is 5.32 Å². The van der Waals surface area contributed by atoms with Gasteiger partial charge in [-0.05, 0) is 30.5 Å². The van der Waals surface area contributed by atoms with E-state index in [2.05, 4.69) is 19.2 Å². The van der Waals surface area contributed by atoms with Gasteiger partial charge < -0.3 is 10.1 Å². The highest BCUT2D eigenvalue weighted by atomic mass is 32.2. The largest absolute Gasteiger partial charge is 0.465 e. The number of nitrogens with one attached hydrogen (secondary N) is 1. The molecule has 0 spiro atoms. The van der Waals surface area contributed by atoms with Crippen molar-refractivity contribution < 1.29 is 14.3 Å². The molecule has 0 atom stereocenters. The summed E-state index contributed by atoms with van der Waals surface area (Å²) < 4.78 is 4.79. The van der Waals surface area contributed by atoms with Gasteiger partial charge in [-0.25, -0.2) is 0 Å². The minimum Gasteiger partial charge on any atom is -0.465 e. The SMILES string of the molecule is CCOC(=O)CSCC(=O)Nc1ccc(C(C)C)cc1. The first-order chi connectivity index (χ1) is 9.52. The number of esters is 1. The molecular weight excluding hydrogens is 274 g/mol. The van der Waals surface area contributed by atoms with E-state index in [4.69, 9.17) is 4.74 Å². The highest BCUT2D eigenvalue weighted by Crippen LogP contribution is 2.17. The van der Waals surface area contributed by atoms with E-state index in [1.54, 1.807) is 6.92 Å². The van der Waals surface area contributed by atoms with Crippen molar-refractivity contribution in [3.8, 4) is 0 Å². The number of amides is 1. The number of thioether (sulfide) groups is 1. The van der Waals surface area contributed by atoms with E-state index in [1.165, 1.54) is 17.3 Å². The third-order valence-corrected chi connectivity index (χ3v) is 3.53. The Hall–Kier alpha value is -1.49. The maximum absolute atomic E-state index is 11.7. The standard InChI is InChI=1S/C15H21NO3S/c1-4-19-15(18)10-20-9-14(17)16-13-7-5-12(6-8-13)11(2)3/h5-8,11H,4,9-10H2,1-3H3,(H,16,17). The molecule has 0 saturated carbocycles. The van der Waals surface area contributed by atoms with E-state index in [0.717, 1.165) is 5.69 Å². The molecule has 0 saturated heterocycles. The van der Waals surface area contributed by atoms with Crippen LogP contribution in [0.4, 0.5) is 5.69 Å². The molecule has 1 amide bonds. The van der Waals surface area contributed by atoms with Crippen LogP contribution in [-0.2, 0) is 14.3 Å². The Morgan fingerprint density at radius 3 is 2.40 bits per heavy atom. The summed E-state index contributed by atoms with van der Waals surface area (Å²) in [5, 5.41) is 2.80. The number of carbonyl (C=O) groups excluding carboxylic acids is 2. The molecule has 0 fully saturated rings. The Bertz CT molecular complexity index is 443. The number of benzene rings is 1. The van der Waals surface area contributed by atoms with E-state index >= 15 is 0 Å². The molecule has 1 aromatic carbocycles. The first-order valence-corrected chi connectivity index (χ1v) is 7.81. The fourth-order valence-corrected chi connectivity index (χ4v) is 2.19. The second-order valence-corrected chi connectivity index (χ2v) is 5.61. The van der Waals surface area contributed by atoms with Crippen LogP contribution in [-0.4, -0.2) is 30.0 Å². The van der Waals surface area contributed by atoms with Gasteiger partial charge in [0.05, 0.1) is 18.1 Å². The molecule has 110 valence electrons. The predicted molar refractivity (Wildman–Crippen MR) is 83.1 cm³/mol. The monoisotopic (exact) mass is 295 g/mol. The van der Waals surface area contributed by atoms with Gasteiger partial charge >= 0.3 is 5.97 Å². The fourth-order valence-electron chi connectivity index (χ4n) is 1.58.